The van der Waals surface area contributed by atoms with Crippen molar-refractivity contribution >= 4 is 29.0 Å². The predicted octanol–water partition coefficient (Wildman–Crippen LogP) is 2.58. The van der Waals surface area contributed by atoms with Gasteiger partial charge in [-0.2, -0.15) is 0 Å². The lowest BCUT2D eigenvalue weighted by atomic mass is 10.5. The molecular weight excluding hydrogens is 262 g/mol. The van der Waals surface area contributed by atoms with E-state index in [9.17, 15) is 0 Å². The molecule has 0 bridgehead atoms. The highest BCUT2D eigenvalue weighted by Crippen LogP contribution is 1.94. The van der Waals surface area contributed by atoms with Gasteiger partial charge in [-0.15, -0.1) is 0 Å². The van der Waals surface area contributed by atoms with Crippen LogP contribution in [0.5, 0.6) is 0 Å². The second kappa shape index (κ2) is 14.3. The second-order valence-electron chi connectivity index (χ2n) is 4.90. The van der Waals surface area contributed by atoms with Gasteiger partial charge in [-0.3, -0.25) is 0 Å². The SMILES string of the molecule is COCC(C)[O][Al]([CH3])[CH3].COCC(C)[O][Al]([CH3])[CH3]. The van der Waals surface area contributed by atoms with Gasteiger partial charge < -0.3 is 17.1 Å². The number of ether oxygens (including phenoxy) is 2. The van der Waals surface area contributed by atoms with Gasteiger partial charge >= 0.3 is 29.0 Å². The van der Waals surface area contributed by atoms with Crippen LogP contribution in [0, 0.1) is 0 Å². The van der Waals surface area contributed by atoms with Crippen LogP contribution in [0.2, 0.25) is 23.1 Å². The second-order valence-corrected chi connectivity index (χ2v) is 9.64. The van der Waals surface area contributed by atoms with Crippen LogP contribution in [0.4, 0.5) is 0 Å². The van der Waals surface area contributed by atoms with Crippen molar-refractivity contribution in [1.82, 2.24) is 0 Å². The van der Waals surface area contributed by atoms with E-state index in [-0.39, 0.29) is 12.2 Å². The summed E-state index contributed by atoms with van der Waals surface area (Å²) in [6.07, 6.45) is 0.559. The molecule has 0 fully saturated rings. The van der Waals surface area contributed by atoms with Crippen molar-refractivity contribution < 1.29 is 17.1 Å². The first-order valence-electron chi connectivity index (χ1n) is 6.62. The van der Waals surface area contributed by atoms with E-state index in [0.717, 1.165) is 0 Å². The minimum absolute atomic E-state index is 0.279. The molecular formula is C12H30Al2O4. The van der Waals surface area contributed by atoms with Crippen LogP contribution in [0.1, 0.15) is 13.8 Å². The molecule has 0 aromatic rings. The first kappa shape index (κ1) is 21.2. The summed E-state index contributed by atoms with van der Waals surface area (Å²) < 4.78 is 20.8. The van der Waals surface area contributed by atoms with E-state index in [1.165, 1.54) is 0 Å². The van der Waals surface area contributed by atoms with Gasteiger partial charge in [0.2, 0.25) is 0 Å². The zero-order valence-corrected chi connectivity index (χ0v) is 15.7. The molecule has 2 atom stereocenters. The Labute approximate surface area is 122 Å². The van der Waals surface area contributed by atoms with Gasteiger partial charge in [-0.1, -0.05) is 23.1 Å². The molecule has 4 nitrogen and oxygen atoms in total. The third kappa shape index (κ3) is 19.2. The average Bonchev–Trinajstić information content (AvgIpc) is 2.16. The highest BCUT2D eigenvalue weighted by molar-refractivity contribution is 6.48. The molecule has 0 radical (unpaired) electrons. The molecule has 0 saturated heterocycles. The molecule has 0 heterocycles. The molecule has 108 valence electrons. The maximum absolute atomic E-state index is 5.50. The van der Waals surface area contributed by atoms with E-state index in [1.807, 2.05) is 13.8 Å². The van der Waals surface area contributed by atoms with Crippen LogP contribution in [0.25, 0.3) is 0 Å². The van der Waals surface area contributed by atoms with E-state index in [2.05, 4.69) is 23.1 Å². The van der Waals surface area contributed by atoms with Gasteiger partial charge in [-0.05, 0) is 13.8 Å². The molecule has 0 amide bonds. The molecule has 0 aliphatic carbocycles. The zero-order chi connectivity index (χ0) is 14.6. The third-order valence-electron chi connectivity index (χ3n) is 1.81. The van der Waals surface area contributed by atoms with E-state index in [0.29, 0.717) is 13.2 Å². The van der Waals surface area contributed by atoms with Crippen LogP contribution in [0.3, 0.4) is 0 Å². The molecule has 0 aliphatic heterocycles. The predicted molar refractivity (Wildman–Crippen MR) is 79.8 cm³/mol. The van der Waals surface area contributed by atoms with E-state index in [4.69, 9.17) is 17.1 Å². The lowest BCUT2D eigenvalue weighted by molar-refractivity contribution is 0.0920. The minimum atomic E-state index is -0.840. The van der Waals surface area contributed by atoms with Crippen molar-refractivity contribution in [3.05, 3.63) is 0 Å². The number of hydrogen-bond donors (Lipinski definition) is 0. The lowest BCUT2D eigenvalue weighted by Crippen LogP contribution is -2.21. The van der Waals surface area contributed by atoms with Crippen LogP contribution < -0.4 is 0 Å². The smallest absolute Gasteiger partial charge is 0.454 e. The van der Waals surface area contributed by atoms with Gasteiger partial charge in [0.25, 0.3) is 0 Å². The summed E-state index contributed by atoms with van der Waals surface area (Å²) in [4.78, 5) is 0. The van der Waals surface area contributed by atoms with Crippen LogP contribution in [-0.2, 0) is 17.1 Å². The van der Waals surface area contributed by atoms with E-state index < -0.39 is 29.0 Å². The molecule has 0 aromatic carbocycles. The Morgan fingerprint density at radius 1 is 0.722 bits per heavy atom. The fraction of sp³-hybridized carbons (Fsp3) is 1.00. The molecule has 0 spiro atoms. The number of rotatable bonds is 8. The number of hydrogen-bond acceptors (Lipinski definition) is 4. The molecule has 6 heteroatoms. The van der Waals surface area contributed by atoms with Gasteiger partial charge in [0, 0.05) is 26.4 Å². The fourth-order valence-electron chi connectivity index (χ4n) is 1.48. The summed E-state index contributed by atoms with van der Waals surface area (Å²) in [6, 6.07) is 0. The quantitative estimate of drug-likeness (QED) is 0.644. The zero-order valence-electron chi connectivity index (χ0n) is 13.4. The van der Waals surface area contributed by atoms with Crippen LogP contribution in [-0.4, -0.2) is 68.6 Å². The summed E-state index contributed by atoms with van der Waals surface area (Å²) in [7, 11) is 3.39. The van der Waals surface area contributed by atoms with Crippen molar-refractivity contribution in [3.63, 3.8) is 0 Å². The standard InChI is InChI=1S/2C4H9O2.4CH3.2Al/c2*1-4(5)3-6-2;;;;;;/h2*4H,3H2,1-2H3;4*1H3;;/q2*-1;;;;;2*+1. The molecule has 0 saturated carbocycles. The highest BCUT2D eigenvalue weighted by Gasteiger charge is 2.09. The Morgan fingerprint density at radius 3 is 1.17 bits per heavy atom. The topological polar surface area (TPSA) is 36.9 Å². The van der Waals surface area contributed by atoms with Gasteiger partial charge in [0.15, 0.2) is 0 Å². The Bertz CT molecular complexity index is 150. The fourth-order valence-corrected chi connectivity index (χ4v) is 3.49. The van der Waals surface area contributed by atoms with Gasteiger partial charge in [-0.25, -0.2) is 0 Å². The van der Waals surface area contributed by atoms with Crippen molar-refractivity contribution in [2.75, 3.05) is 27.4 Å². The molecule has 0 N–H and O–H groups in total. The van der Waals surface area contributed by atoms with Gasteiger partial charge in [0.1, 0.15) is 0 Å². The molecule has 18 heavy (non-hydrogen) atoms. The maximum Gasteiger partial charge on any atom is 0.454 e. The summed E-state index contributed by atoms with van der Waals surface area (Å²) in [5, 5.41) is 0. The first-order valence-corrected chi connectivity index (χ1v) is 12.2. The van der Waals surface area contributed by atoms with E-state index in [1.54, 1.807) is 14.2 Å². The van der Waals surface area contributed by atoms with Crippen molar-refractivity contribution in [3.8, 4) is 0 Å². The highest BCUT2D eigenvalue weighted by atomic mass is 27.2. The largest absolute Gasteiger partial charge is 0.497 e. The normalized spacial score (nSPS) is 13.3. The Morgan fingerprint density at radius 2 is 1.00 bits per heavy atom. The van der Waals surface area contributed by atoms with Crippen LogP contribution >= 0.6 is 0 Å². The monoisotopic (exact) mass is 292 g/mol. The average molecular weight is 292 g/mol. The lowest BCUT2D eigenvalue weighted by Gasteiger charge is -2.13. The van der Waals surface area contributed by atoms with Crippen molar-refractivity contribution in [2.24, 2.45) is 0 Å². The summed E-state index contributed by atoms with van der Waals surface area (Å²) in [6.45, 7) is 5.50. The summed E-state index contributed by atoms with van der Waals surface area (Å²) >= 11 is -1.68. The van der Waals surface area contributed by atoms with Crippen molar-refractivity contribution in [1.29, 1.82) is 0 Å². The Balaban J connectivity index is 0. The van der Waals surface area contributed by atoms with Gasteiger partial charge in [0.05, 0.1) is 13.2 Å². The Hall–Kier alpha value is 0.905. The molecule has 0 aromatic heterocycles. The first-order chi connectivity index (χ1) is 8.33. The maximum atomic E-state index is 5.50. The van der Waals surface area contributed by atoms with E-state index >= 15 is 0 Å². The third-order valence-corrected chi connectivity index (χ3v) is 3.83. The van der Waals surface area contributed by atoms with Crippen LogP contribution in [0.15, 0.2) is 0 Å². The summed E-state index contributed by atoms with van der Waals surface area (Å²) in [5.41, 5.74) is 0. The minimum Gasteiger partial charge on any atom is -0.497 e. The number of methoxy groups -OCH3 is 2. The molecule has 0 rings (SSSR count). The molecule has 2 unspecified atom stereocenters. The molecule has 0 aliphatic rings. The summed E-state index contributed by atoms with van der Waals surface area (Å²) in [5.74, 6) is 8.64. The van der Waals surface area contributed by atoms with Crippen molar-refractivity contribution in [2.45, 2.75) is 49.2 Å². The Kier molecular flexibility index (Phi) is 16.9.